The Morgan fingerprint density at radius 1 is 1.10 bits per heavy atom. The van der Waals surface area contributed by atoms with Gasteiger partial charge in [0.1, 0.15) is 0 Å². The van der Waals surface area contributed by atoms with Crippen molar-refractivity contribution in [2.24, 2.45) is 5.41 Å². The molecule has 0 radical (unpaired) electrons. The van der Waals surface area contributed by atoms with Crippen LogP contribution in [0.1, 0.15) is 36.2 Å². The molecule has 0 saturated carbocycles. The largest absolute Gasteiger partial charge is 0.292 e. The van der Waals surface area contributed by atoms with Crippen molar-refractivity contribution in [3.63, 3.8) is 0 Å². The molecule has 0 aliphatic carbocycles. The third-order valence-electron chi connectivity index (χ3n) is 3.58. The Labute approximate surface area is 131 Å². The van der Waals surface area contributed by atoms with Gasteiger partial charge in [0, 0.05) is 11.1 Å². The maximum absolute atomic E-state index is 12.8. The molecule has 0 saturated heterocycles. The van der Waals surface area contributed by atoms with Gasteiger partial charge in [-0.25, -0.2) is 0 Å². The molecule has 1 unspecified atom stereocenters. The second-order valence-corrected chi connectivity index (χ2v) is 5.52. The van der Waals surface area contributed by atoms with Gasteiger partial charge in [-0.1, -0.05) is 60.7 Å². The van der Waals surface area contributed by atoms with Gasteiger partial charge in [-0.15, -0.1) is 0 Å². The summed E-state index contributed by atoms with van der Waals surface area (Å²) < 4.78 is 0. The Morgan fingerprint density at radius 2 is 1.71 bits per heavy atom. The van der Waals surface area contributed by atoms with Crippen LogP contribution in [0, 0.1) is 17.3 Å². The molecule has 0 aliphatic rings. The van der Waals surface area contributed by atoms with Crippen LogP contribution < -0.4 is 0 Å². The fraction of sp³-hybridized carbons (Fsp3) is 0.211. The van der Waals surface area contributed by atoms with Gasteiger partial charge in [-0.2, -0.15) is 0 Å². The molecule has 2 aromatic carbocycles. The van der Waals surface area contributed by atoms with Crippen LogP contribution in [-0.4, -0.2) is 5.78 Å². The van der Waals surface area contributed by atoms with Crippen LogP contribution in [0.2, 0.25) is 5.02 Å². The number of carbonyl (C=O) groups is 1. The molecule has 0 spiro atoms. The van der Waals surface area contributed by atoms with E-state index in [0.717, 1.165) is 5.56 Å². The minimum Gasteiger partial charge on any atom is -0.292 e. The van der Waals surface area contributed by atoms with Crippen molar-refractivity contribution in [1.82, 2.24) is 0 Å². The van der Waals surface area contributed by atoms with Crippen LogP contribution in [0.5, 0.6) is 0 Å². The highest BCUT2D eigenvalue weighted by molar-refractivity contribution is 6.34. The predicted molar refractivity (Wildman–Crippen MR) is 87.5 cm³/mol. The summed E-state index contributed by atoms with van der Waals surface area (Å²) in [6, 6.07) is 16.8. The minimum atomic E-state index is -0.735. The van der Waals surface area contributed by atoms with Gasteiger partial charge in [-0.05, 0) is 37.6 Å². The second-order valence-electron chi connectivity index (χ2n) is 5.11. The lowest BCUT2D eigenvalue weighted by molar-refractivity contribution is 0.0874. The second kappa shape index (κ2) is 6.61. The SMILES string of the molecule is CCC(C)(C#Cc1ccccc1)C(=O)c1ccccc1Cl. The lowest BCUT2D eigenvalue weighted by Crippen LogP contribution is -2.25. The molecular weight excluding hydrogens is 280 g/mol. The van der Waals surface area contributed by atoms with E-state index in [4.69, 9.17) is 11.6 Å². The first-order chi connectivity index (χ1) is 10.1. The van der Waals surface area contributed by atoms with Crippen molar-refractivity contribution in [1.29, 1.82) is 0 Å². The molecule has 21 heavy (non-hydrogen) atoms. The fourth-order valence-electron chi connectivity index (χ4n) is 1.98. The van der Waals surface area contributed by atoms with E-state index in [1.807, 2.05) is 56.3 Å². The van der Waals surface area contributed by atoms with Crippen molar-refractivity contribution in [2.45, 2.75) is 20.3 Å². The summed E-state index contributed by atoms with van der Waals surface area (Å²) in [5, 5.41) is 0.476. The zero-order valence-corrected chi connectivity index (χ0v) is 12.9. The smallest absolute Gasteiger partial charge is 0.182 e. The Hall–Kier alpha value is -2.04. The Kier molecular flexibility index (Phi) is 4.83. The minimum absolute atomic E-state index is 0.0287. The molecule has 0 bridgehead atoms. The Morgan fingerprint density at radius 3 is 2.33 bits per heavy atom. The summed E-state index contributed by atoms with van der Waals surface area (Å²) >= 11 is 6.13. The van der Waals surface area contributed by atoms with E-state index >= 15 is 0 Å². The van der Waals surface area contributed by atoms with Crippen LogP contribution in [0.15, 0.2) is 54.6 Å². The first-order valence-electron chi connectivity index (χ1n) is 6.94. The lowest BCUT2D eigenvalue weighted by atomic mass is 9.80. The molecule has 0 aromatic heterocycles. The fourth-order valence-corrected chi connectivity index (χ4v) is 2.20. The van der Waals surface area contributed by atoms with Crippen LogP contribution in [-0.2, 0) is 0 Å². The Balaban J connectivity index is 2.36. The van der Waals surface area contributed by atoms with Gasteiger partial charge in [0.2, 0.25) is 0 Å². The highest BCUT2D eigenvalue weighted by atomic mass is 35.5. The van der Waals surface area contributed by atoms with Crippen molar-refractivity contribution in [2.75, 3.05) is 0 Å². The number of benzene rings is 2. The molecule has 2 heteroatoms. The molecule has 0 aliphatic heterocycles. The molecule has 1 nitrogen and oxygen atoms in total. The van der Waals surface area contributed by atoms with Gasteiger partial charge < -0.3 is 0 Å². The molecule has 0 heterocycles. The summed E-state index contributed by atoms with van der Waals surface area (Å²) in [7, 11) is 0. The van der Waals surface area contributed by atoms with E-state index in [1.54, 1.807) is 12.1 Å². The molecular formula is C19H17ClO. The lowest BCUT2D eigenvalue weighted by Gasteiger charge is -2.20. The van der Waals surface area contributed by atoms with Gasteiger partial charge in [0.05, 0.1) is 10.4 Å². The molecule has 2 rings (SSSR count). The van der Waals surface area contributed by atoms with Crippen LogP contribution in [0.25, 0.3) is 0 Å². The number of hydrogen-bond donors (Lipinski definition) is 0. The number of rotatable bonds is 3. The highest BCUT2D eigenvalue weighted by Crippen LogP contribution is 2.29. The quantitative estimate of drug-likeness (QED) is 0.576. The molecule has 0 fully saturated rings. The van der Waals surface area contributed by atoms with E-state index in [1.165, 1.54) is 0 Å². The summed E-state index contributed by atoms with van der Waals surface area (Å²) in [6.07, 6.45) is 0.636. The number of carbonyl (C=O) groups excluding carboxylic acids is 1. The topological polar surface area (TPSA) is 17.1 Å². The standard InChI is InChI=1S/C19H17ClO/c1-3-19(2,14-13-15-9-5-4-6-10-15)18(21)16-11-7-8-12-17(16)20/h4-12H,3H2,1-2H3. The Bertz CT molecular complexity index is 694. The normalized spacial score (nSPS) is 12.9. The van der Waals surface area contributed by atoms with E-state index < -0.39 is 5.41 Å². The van der Waals surface area contributed by atoms with Crippen LogP contribution in [0.4, 0.5) is 0 Å². The molecule has 2 aromatic rings. The van der Waals surface area contributed by atoms with Crippen molar-refractivity contribution < 1.29 is 4.79 Å². The van der Waals surface area contributed by atoms with Gasteiger partial charge in [-0.3, -0.25) is 4.79 Å². The maximum Gasteiger partial charge on any atom is 0.182 e. The van der Waals surface area contributed by atoms with Crippen molar-refractivity contribution in [3.8, 4) is 11.8 Å². The first kappa shape index (κ1) is 15.4. The predicted octanol–water partition coefficient (Wildman–Crippen LogP) is 4.99. The van der Waals surface area contributed by atoms with Gasteiger partial charge in [0.15, 0.2) is 5.78 Å². The number of ketones is 1. The third kappa shape index (κ3) is 3.54. The average molecular weight is 297 g/mol. The van der Waals surface area contributed by atoms with Crippen LogP contribution >= 0.6 is 11.6 Å². The summed E-state index contributed by atoms with van der Waals surface area (Å²) in [6.45, 7) is 3.84. The van der Waals surface area contributed by atoms with E-state index in [2.05, 4.69) is 11.8 Å². The highest BCUT2D eigenvalue weighted by Gasteiger charge is 2.31. The van der Waals surface area contributed by atoms with Crippen molar-refractivity contribution in [3.05, 3.63) is 70.7 Å². The number of Topliss-reactive ketones (excluding diaryl/α,β-unsaturated/α-hetero) is 1. The molecule has 0 N–H and O–H groups in total. The molecule has 106 valence electrons. The van der Waals surface area contributed by atoms with Gasteiger partial charge >= 0.3 is 0 Å². The van der Waals surface area contributed by atoms with Crippen molar-refractivity contribution >= 4 is 17.4 Å². The molecule has 1 atom stereocenters. The number of halogens is 1. The monoisotopic (exact) mass is 296 g/mol. The zero-order valence-electron chi connectivity index (χ0n) is 12.2. The average Bonchev–Trinajstić information content (AvgIpc) is 2.53. The first-order valence-corrected chi connectivity index (χ1v) is 7.32. The van der Waals surface area contributed by atoms with E-state index in [9.17, 15) is 4.79 Å². The maximum atomic E-state index is 12.8. The zero-order chi connectivity index (χ0) is 15.3. The summed E-state index contributed by atoms with van der Waals surface area (Å²) in [5.74, 6) is 6.19. The number of hydrogen-bond acceptors (Lipinski definition) is 1. The summed E-state index contributed by atoms with van der Waals surface area (Å²) in [5.41, 5.74) is 0.705. The summed E-state index contributed by atoms with van der Waals surface area (Å²) in [4.78, 5) is 12.8. The van der Waals surface area contributed by atoms with Crippen LogP contribution in [0.3, 0.4) is 0 Å². The molecule has 0 amide bonds. The van der Waals surface area contributed by atoms with E-state index in [0.29, 0.717) is 17.0 Å². The van der Waals surface area contributed by atoms with E-state index in [-0.39, 0.29) is 5.78 Å². The third-order valence-corrected chi connectivity index (χ3v) is 3.91. The van der Waals surface area contributed by atoms with Gasteiger partial charge in [0.25, 0.3) is 0 Å².